The molecule has 2 N–H and O–H groups in total. The van der Waals surface area contributed by atoms with E-state index in [4.69, 9.17) is 4.74 Å². The third-order valence-electron chi connectivity index (χ3n) is 7.71. The molecular formula is C35H31N3O4. The Morgan fingerprint density at radius 3 is 2.29 bits per heavy atom. The Morgan fingerprint density at radius 1 is 0.857 bits per heavy atom. The van der Waals surface area contributed by atoms with Gasteiger partial charge in [-0.1, -0.05) is 78.9 Å². The summed E-state index contributed by atoms with van der Waals surface area (Å²) >= 11 is 0. The van der Waals surface area contributed by atoms with Gasteiger partial charge in [-0.3, -0.25) is 14.6 Å². The van der Waals surface area contributed by atoms with Gasteiger partial charge in [-0.15, -0.1) is 0 Å². The smallest absolute Gasteiger partial charge is 0.308 e. The van der Waals surface area contributed by atoms with Gasteiger partial charge in [0, 0.05) is 31.2 Å². The summed E-state index contributed by atoms with van der Waals surface area (Å²) in [6.45, 7) is 0.128. The molecule has 210 valence electrons. The molecule has 2 aromatic heterocycles. The quantitative estimate of drug-likeness (QED) is 0.228. The van der Waals surface area contributed by atoms with Crippen molar-refractivity contribution < 1.29 is 19.4 Å². The van der Waals surface area contributed by atoms with Crippen LogP contribution < -0.4 is 5.32 Å². The van der Waals surface area contributed by atoms with Gasteiger partial charge in [0.1, 0.15) is 12.6 Å². The van der Waals surface area contributed by atoms with Gasteiger partial charge in [-0.05, 0) is 57.1 Å². The molecule has 1 aliphatic rings. The Labute approximate surface area is 244 Å². The molecule has 0 unspecified atom stereocenters. The minimum absolute atomic E-state index is 0.128. The normalized spacial score (nSPS) is 16.4. The first kappa shape index (κ1) is 27.2. The van der Waals surface area contributed by atoms with Crippen LogP contribution in [0.1, 0.15) is 35.2 Å². The van der Waals surface area contributed by atoms with E-state index >= 15 is 0 Å². The lowest BCUT2D eigenvalue weighted by molar-refractivity contribution is -0.148. The van der Waals surface area contributed by atoms with Gasteiger partial charge in [-0.25, -0.2) is 0 Å². The molecule has 1 aliphatic carbocycles. The number of carbonyl (C=O) groups excluding carboxylic acids is 2. The van der Waals surface area contributed by atoms with Crippen molar-refractivity contribution in [2.24, 2.45) is 0 Å². The molecule has 0 spiro atoms. The maximum Gasteiger partial charge on any atom is 0.308 e. The highest BCUT2D eigenvalue weighted by Crippen LogP contribution is 2.32. The molecule has 3 atom stereocenters. The average molecular weight is 558 g/mol. The van der Waals surface area contributed by atoms with Crippen LogP contribution in [0.15, 0.2) is 122 Å². The van der Waals surface area contributed by atoms with Crippen LogP contribution in [0.4, 0.5) is 0 Å². The standard InChI is InChI=1S/C35H31N3O4/c39-32-20-28-8-4-5-9-30(28)34(32)37-35(41)31(21-33(40)42-23-24-6-2-1-3-7-24)38-19-16-29(22-38)26-12-10-25(11-13-26)27-14-17-36-18-15-27/h1-19,22,31-32,34,39H,20-21,23H2,(H,37,41)/t31-,32-,34-/m1/s1. The summed E-state index contributed by atoms with van der Waals surface area (Å²) in [6, 6.07) is 29.7. The highest BCUT2D eigenvalue weighted by molar-refractivity contribution is 5.86. The number of nitrogens with one attached hydrogen (secondary N) is 1. The van der Waals surface area contributed by atoms with Crippen LogP contribution >= 0.6 is 0 Å². The van der Waals surface area contributed by atoms with Gasteiger partial charge in [0.05, 0.1) is 18.6 Å². The van der Waals surface area contributed by atoms with Gasteiger partial charge in [0.25, 0.3) is 0 Å². The molecule has 3 aromatic carbocycles. The van der Waals surface area contributed by atoms with Crippen LogP contribution in [-0.2, 0) is 27.4 Å². The number of nitrogens with zero attached hydrogens (tertiary/aromatic N) is 2. The molecule has 0 saturated carbocycles. The Kier molecular flexibility index (Phi) is 7.92. The van der Waals surface area contributed by atoms with Crippen molar-refractivity contribution in [3.05, 3.63) is 139 Å². The van der Waals surface area contributed by atoms with E-state index in [9.17, 15) is 14.7 Å². The van der Waals surface area contributed by atoms with E-state index in [1.807, 2.05) is 103 Å². The number of ether oxygens (including phenoxy) is 1. The van der Waals surface area contributed by atoms with Gasteiger partial charge in [0.2, 0.25) is 5.91 Å². The van der Waals surface area contributed by atoms with Crippen LogP contribution in [0.2, 0.25) is 0 Å². The lowest BCUT2D eigenvalue weighted by Gasteiger charge is -2.23. The van der Waals surface area contributed by atoms with Crippen LogP contribution in [0.5, 0.6) is 0 Å². The molecule has 0 radical (unpaired) electrons. The van der Waals surface area contributed by atoms with E-state index in [2.05, 4.69) is 10.3 Å². The average Bonchev–Trinajstić information content (AvgIpc) is 3.64. The molecule has 0 fully saturated rings. The van der Waals surface area contributed by atoms with Gasteiger partial charge in [-0.2, -0.15) is 0 Å². The Hall–Kier alpha value is -5.01. The van der Waals surface area contributed by atoms with Gasteiger partial charge < -0.3 is 19.7 Å². The van der Waals surface area contributed by atoms with E-state index in [0.29, 0.717) is 6.42 Å². The van der Waals surface area contributed by atoms with Crippen molar-refractivity contribution in [3.63, 3.8) is 0 Å². The SMILES string of the molecule is O=C(C[C@H](C(=O)N[C@@H]1c2ccccc2C[C@H]1O)n1ccc(-c2ccc(-c3ccncc3)cc2)c1)OCc1ccccc1. The minimum atomic E-state index is -0.863. The minimum Gasteiger partial charge on any atom is -0.461 e. The number of benzene rings is 3. The van der Waals surface area contributed by atoms with E-state index in [0.717, 1.165) is 38.9 Å². The summed E-state index contributed by atoms with van der Waals surface area (Å²) in [6.07, 6.45) is 6.78. The fraction of sp³-hybridized carbons (Fsp3) is 0.171. The van der Waals surface area contributed by atoms with Crippen molar-refractivity contribution in [3.8, 4) is 22.3 Å². The Balaban J connectivity index is 1.23. The molecular weight excluding hydrogens is 526 g/mol. The van der Waals surface area contributed by atoms with Crippen molar-refractivity contribution >= 4 is 11.9 Å². The highest BCUT2D eigenvalue weighted by atomic mass is 16.5. The first-order chi connectivity index (χ1) is 20.5. The van der Waals surface area contributed by atoms with E-state index in [1.54, 1.807) is 23.2 Å². The summed E-state index contributed by atoms with van der Waals surface area (Å²) in [4.78, 5) is 30.8. The summed E-state index contributed by atoms with van der Waals surface area (Å²) in [5.41, 5.74) is 6.83. The first-order valence-electron chi connectivity index (χ1n) is 14.0. The number of aliphatic hydroxyl groups is 1. The number of esters is 1. The second-order valence-electron chi connectivity index (χ2n) is 10.5. The van der Waals surface area contributed by atoms with Crippen LogP contribution in [0, 0.1) is 0 Å². The topological polar surface area (TPSA) is 93.5 Å². The van der Waals surface area contributed by atoms with Gasteiger partial charge >= 0.3 is 5.97 Å². The molecule has 2 heterocycles. The summed E-state index contributed by atoms with van der Waals surface area (Å²) < 4.78 is 7.29. The fourth-order valence-corrected chi connectivity index (χ4v) is 5.46. The third-order valence-corrected chi connectivity index (χ3v) is 7.71. The van der Waals surface area contributed by atoms with E-state index < -0.39 is 24.2 Å². The number of amides is 1. The molecule has 1 amide bonds. The van der Waals surface area contributed by atoms with Crippen molar-refractivity contribution in [1.29, 1.82) is 0 Å². The van der Waals surface area contributed by atoms with E-state index in [-0.39, 0.29) is 18.9 Å². The largest absolute Gasteiger partial charge is 0.461 e. The fourth-order valence-electron chi connectivity index (χ4n) is 5.46. The number of pyridine rings is 1. The molecule has 7 heteroatoms. The number of rotatable bonds is 9. The van der Waals surface area contributed by atoms with Crippen LogP contribution in [0.3, 0.4) is 0 Å². The number of aliphatic hydroxyl groups excluding tert-OH is 1. The zero-order valence-corrected chi connectivity index (χ0v) is 23.0. The van der Waals surface area contributed by atoms with Crippen molar-refractivity contribution in [2.75, 3.05) is 0 Å². The number of carbonyl (C=O) groups is 2. The Morgan fingerprint density at radius 2 is 1.52 bits per heavy atom. The first-order valence-corrected chi connectivity index (χ1v) is 14.0. The number of hydrogen-bond acceptors (Lipinski definition) is 5. The third kappa shape index (κ3) is 6.01. The second kappa shape index (κ2) is 12.2. The predicted molar refractivity (Wildman–Crippen MR) is 160 cm³/mol. The van der Waals surface area contributed by atoms with Gasteiger partial charge in [0.15, 0.2) is 0 Å². The molecule has 0 bridgehead atoms. The van der Waals surface area contributed by atoms with E-state index in [1.165, 1.54) is 0 Å². The highest BCUT2D eigenvalue weighted by Gasteiger charge is 2.34. The molecule has 42 heavy (non-hydrogen) atoms. The maximum absolute atomic E-state index is 13.8. The summed E-state index contributed by atoms with van der Waals surface area (Å²) in [5, 5.41) is 13.8. The zero-order chi connectivity index (χ0) is 28.9. The number of aromatic nitrogens is 2. The molecule has 7 nitrogen and oxygen atoms in total. The Bertz CT molecular complexity index is 1670. The zero-order valence-electron chi connectivity index (χ0n) is 23.0. The van der Waals surface area contributed by atoms with Crippen molar-refractivity contribution in [2.45, 2.75) is 37.6 Å². The second-order valence-corrected chi connectivity index (χ2v) is 10.5. The molecule has 6 rings (SSSR count). The molecule has 0 aliphatic heterocycles. The molecule has 0 saturated heterocycles. The van der Waals surface area contributed by atoms with Crippen molar-refractivity contribution in [1.82, 2.24) is 14.9 Å². The number of fused-ring (bicyclic) bond motifs is 1. The number of hydrogen-bond donors (Lipinski definition) is 2. The summed E-state index contributed by atoms with van der Waals surface area (Å²) in [7, 11) is 0. The van der Waals surface area contributed by atoms with Crippen LogP contribution in [-0.4, -0.2) is 32.6 Å². The molecule has 5 aromatic rings. The maximum atomic E-state index is 13.8. The lowest BCUT2D eigenvalue weighted by atomic mass is 10.0. The lowest BCUT2D eigenvalue weighted by Crippen LogP contribution is -2.39. The monoisotopic (exact) mass is 557 g/mol. The summed E-state index contributed by atoms with van der Waals surface area (Å²) in [5.74, 6) is -0.842. The van der Waals surface area contributed by atoms with Crippen LogP contribution in [0.25, 0.3) is 22.3 Å². The predicted octanol–water partition coefficient (Wildman–Crippen LogP) is 5.67.